The highest BCUT2D eigenvalue weighted by Crippen LogP contribution is 2.44. The first-order valence-electron chi connectivity index (χ1n) is 9.72. The smallest absolute Gasteiger partial charge is 0.407 e. The van der Waals surface area contributed by atoms with Gasteiger partial charge in [0.15, 0.2) is 15.2 Å². The quantitative estimate of drug-likeness (QED) is 0.172. The summed E-state index contributed by atoms with van der Waals surface area (Å²) in [4.78, 5) is 51.1. The first kappa shape index (κ1) is 25.5. The summed E-state index contributed by atoms with van der Waals surface area (Å²) in [5, 5.41) is 16.5. The minimum atomic E-state index is -3.27. The third-order valence-electron chi connectivity index (χ3n) is 5.07. The molecule has 188 valence electrons. The molecule has 2 aromatic rings. The van der Waals surface area contributed by atoms with Crippen LogP contribution in [-0.2, 0) is 19.2 Å². The molecule has 2 unspecified atom stereocenters. The Morgan fingerprint density at radius 1 is 1.49 bits per heavy atom. The fourth-order valence-electron chi connectivity index (χ4n) is 3.35. The number of carbonyl (C=O) groups is 3. The van der Waals surface area contributed by atoms with Crippen LogP contribution in [0.4, 0.5) is 13.9 Å². The number of nitrogens with one attached hydrogen (secondary N) is 1. The molecule has 3 atom stereocenters. The van der Waals surface area contributed by atoms with E-state index in [1.807, 2.05) is 0 Å². The molecule has 2 fully saturated rings. The van der Waals surface area contributed by atoms with E-state index in [1.54, 1.807) is 6.92 Å². The number of thiazole rings is 1. The molecule has 0 spiro atoms. The fourth-order valence-corrected chi connectivity index (χ4v) is 7.40. The maximum atomic E-state index is 12.8. The number of nitrogens with two attached hydrogens (primary N) is 1. The molecular weight excluding hydrogens is 548 g/mol. The zero-order valence-electron chi connectivity index (χ0n) is 17.7. The predicted molar refractivity (Wildman–Crippen MR) is 125 cm³/mol. The second-order valence-electron chi connectivity index (χ2n) is 7.48. The van der Waals surface area contributed by atoms with Gasteiger partial charge < -0.3 is 25.9 Å². The van der Waals surface area contributed by atoms with Gasteiger partial charge in [0.05, 0.1) is 0 Å². The van der Waals surface area contributed by atoms with Gasteiger partial charge >= 0.3 is 12.6 Å². The highest BCUT2D eigenvalue weighted by molar-refractivity contribution is 8.01. The van der Waals surface area contributed by atoms with E-state index in [4.69, 9.17) is 5.73 Å². The second-order valence-corrected chi connectivity index (χ2v) is 11.4. The van der Waals surface area contributed by atoms with Crippen LogP contribution >= 0.6 is 46.4 Å². The van der Waals surface area contributed by atoms with Crippen LogP contribution in [0.1, 0.15) is 11.5 Å². The molecule has 0 aliphatic carbocycles. The van der Waals surface area contributed by atoms with Gasteiger partial charge in [0.1, 0.15) is 28.3 Å². The lowest BCUT2D eigenvalue weighted by Crippen LogP contribution is -2.74. The highest BCUT2D eigenvalue weighted by Gasteiger charge is 2.57. The third kappa shape index (κ3) is 5.34. The third-order valence-corrected chi connectivity index (χ3v) is 9.55. The van der Waals surface area contributed by atoms with Gasteiger partial charge in [-0.2, -0.15) is 13.2 Å². The molecule has 0 radical (unpaired) electrons. The number of carboxylic acid groups (broad SMARTS) is 1. The molecule has 12 nitrogen and oxygen atoms in total. The maximum absolute atomic E-state index is 12.8. The second kappa shape index (κ2) is 10.2. The fraction of sp³-hybridized carbons (Fsp3) is 0.471. The largest absolute Gasteiger partial charge is 0.481 e. The van der Waals surface area contributed by atoms with Crippen molar-refractivity contribution >= 4 is 75.0 Å². The number of oxime groups is 1. The van der Waals surface area contributed by atoms with Crippen LogP contribution in [0.2, 0.25) is 0 Å². The van der Waals surface area contributed by atoms with Crippen LogP contribution in [0.25, 0.3) is 0 Å². The Bertz CT molecular complexity index is 1180. The van der Waals surface area contributed by atoms with Gasteiger partial charge in [0.2, 0.25) is 5.91 Å². The lowest BCUT2D eigenvalue weighted by atomic mass is 9.89. The standard InChI is InChI=1S/C17H17F2N7O5S4/c1-6-21-16(35-25-6)34-5-17(13(29)30)3-26-11(28)9(12(26)33-4-17)23-10(27)8(24-31-14(18)19)7-2-32-15(20)22-7/h2,9,12,14H,3-5H2,1H3,(H2,20,22)(H,23,27)(H,29,30)/t9?,12-,17?/m1/s1. The van der Waals surface area contributed by atoms with Crippen LogP contribution in [0.5, 0.6) is 0 Å². The number of alkyl halides is 2. The zero-order valence-corrected chi connectivity index (χ0v) is 21.0. The van der Waals surface area contributed by atoms with Crippen molar-refractivity contribution in [1.29, 1.82) is 0 Å². The number of rotatable bonds is 9. The Hall–Kier alpha value is -2.57. The van der Waals surface area contributed by atoms with Gasteiger partial charge in [-0.1, -0.05) is 16.9 Å². The van der Waals surface area contributed by atoms with Crippen LogP contribution in [0.15, 0.2) is 14.9 Å². The maximum Gasteiger partial charge on any atom is 0.407 e. The summed E-state index contributed by atoms with van der Waals surface area (Å²) < 4.78 is 29.7. The van der Waals surface area contributed by atoms with Crippen molar-refractivity contribution in [2.75, 3.05) is 23.8 Å². The Balaban J connectivity index is 1.43. The average molecular weight is 566 g/mol. The molecule has 2 aromatic heterocycles. The number of thioether (sulfide) groups is 2. The lowest BCUT2D eigenvalue weighted by molar-refractivity contribution is -0.157. The number of aryl methyl sites for hydroxylation is 1. The Labute approximate surface area is 212 Å². The number of fused-ring (bicyclic) bond motifs is 1. The normalized spacial score (nSPS) is 24.2. The summed E-state index contributed by atoms with van der Waals surface area (Å²) in [5.41, 5.74) is 3.68. The summed E-state index contributed by atoms with van der Waals surface area (Å²) in [6.07, 6.45) is 0. The topological polar surface area (TPSA) is 173 Å². The van der Waals surface area contributed by atoms with Crippen molar-refractivity contribution in [3.05, 3.63) is 16.9 Å². The number of aliphatic carboxylic acids is 1. The zero-order chi connectivity index (χ0) is 25.3. The SMILES string of the molecule is Cc1nsc(SCC2(C(=O)O)CS[C@@H]3C(NC(=O)C(=NOC(F)F)c4csc(N)n4)C(=O)N3C2)n1. The molecule has 4 N–H and O–H groups in total. The average Bonchev–Trinajstić information content (AvgIpc) is 3.43. The van der Waals surface area contributed by atoms with E-state index in [0.717, 1.165) is 11.3 Å². The number of amides is 2. The molecular formula is C17H17F2N7O5S4. The molecule has 4 rings (SSSR count). The first-order valence-corrected chi connectivity index (χ1v) is 13.4. The number of halogens is 2. The highest BCUT2D eigenvalue weighted by atomic mass is 32.2. The van der Waals surface area contributed by atoms with Crippen molar-refractivity contribution in [3.63, 3.8) is 0 Å². The van der Waals surface area contributed by atoms with Gasteiger partial charge in [0.25, 0.3) is 5.91 Å². The number of carboxylic acids is 1. The van der Waals surface area contributed by atoms with Gasteiger partial charge in [0, 0.05) is 23.4 Å². The Morgan fingerprint density at radius 2 is 2.26 bits per heavy atom. The number of β-lactam (4-membered cyclic amide) rings is 1. The van der Waals surface area contributed by atoms with Crippen molar-refractivity contribution in [3.8, 4) is 0 Å². The summed E-state index contributed by atoms with van der Waals surface area (Å²) in [6.45, 7) is -1.58. The van der Waals surface area contributed by atoms with Gasteiger partial charge in [-0.15, -0.1) is 23.1 Å². The Kier molecular flexibility index (Phi) is 7.43. The molecule has 18 heteroatoms. The molecule has 0 aromatic carbocycles. The summed E-state index contributed by atoms with van der Waals surface area (Å²) in [5.74, 6) is -1.52. The summed E-state index contributed by atoms with van der Waals surface area (Å²) >= 11 is 4.61. The molecule has 2 saturated heterocycles. The van der Waals surface area contributed by atoms with Crippen LogP contribution < -0.4 is 11.1 Å². The monoisotopic (exact) mass is 565 g/mol. The first-order chi connectivity index (χ1) is 16.6. The van der Waals surface area contributed by atoms with Crippen molar-refractivity contribution in [2.45, 2.75) is 29.3 Å². The predicted octanol–water partition coefficient (Wildman–Crippen LogP) is 1.09. The van der Waals surface area contributed by atoms with E-state index >= 15 is 0 Å². The number of hydrogen-bond acceptors (Lipinski definition) is 13. The molecule has 0 bridgehead atoms. The van der Waals surface area contributed by atoms with Crippen molar-refractivity contribution in [2.24, 2.45) is 10.6 Å². The van der Waals surface area contributed by atoms with Gasteiger partial charge in [-0.25, -0.2) is 9.97 Å². The lowest BCUT2D eigenvalue weighted by Gasteiger charge is -2.53. The summed E-state index contributed by atoms with van der Waals surface area (Å²) in [7, 11) is 0. The van der Waals surface area contributed by atoms with E-state index in [1.165, 1.54) is 45.3 Å². The van der Waals surface area contributed by atoms with Gasteiger partial charge in [-0.3, -0.25) is 14.4 Å². The van der Waals surface area contributed by atoms with E-state index in [2.05, 4.69) is 29.7 Å². The number of aromatic nitrogens is 3. The van der Waals surface area contributed by atoms with E-state index in [9.17, 15) is 28.3 Å². The number of carbonyl (C=O) groups excluding carboxylic acids is 2. The van der Waals surface area contributed by atoms with Gasteiger partial charge in [-0.05, 0) is 18.5 Å². The van der Waals surface area contributed by atoms with Crippen molar-refractivity contribution in [1.82, 2.24) is 24.6 Å². The molecule has 35 heavy (non-hydrogen) atoms. The number of anilines is 1. The molecule has 2 aliphatic rings. The van der Waals surface area contributed by atoms with E-state index in [0.29, 0.717) is 10.2 Å². The summed E-state index contributed by atoms with van der Waals surface area (Å²) in [6, 6.07) is -0.995. The molecule has 0 saturated carbocycles. The minimum absolute atomic E-state index is 0.0476. The van der Waals surface area contributed by atoms with Crippen molar-refractivity contribution < 1.29 is 33.1 Å². The van der Waals surface area contributed by atoms with E-state index < -0.39 is 46.9 Å². The number of nitrogens with zero attached hydrogens (tertiary/aromatic N) is 5. The minimum Gasteiger partial charge on any atom is -0.481 e. The molecule has 2 amide bonds. The Morgan fingerprint density at radius 3 is 2.86 bits per heavy atom. The van der Waals surface area contributed by atoms with Crippen LogP contribution in [0.3, 0.4) is 0 Å². The molecule has 4 heterocycles. The van der Waals surface area contributed by atoms with Crippen LogP contribution in [0, 0.1) is 12.3 Å². The molecule has 2 aliphatic heterocycles. The number of hydrogen-bond donors (Lipinski definition) is 3. The van der Waals surface area contributed by atoms with Crippen LogP contribution in [-0.4, -0.2) is 83.9 Å². The van der Waals surface area contributed by atoms with E-state index in [-0.39, 0.29) is 28.9 Å². The number of nitrogen functional groups attached to an aromatic ring is 1.